The van der Waals surface area contributed by atoms with Crippen molar-refractivity contribution in [3.63, 3.8) is 0 Å². The van der Waals surface area contributed by atoms with Crippen LogP contribution in [0.5, 0.6) is 5.75 Å². The minimum atomic E-state index is -0.568. The Labute approximate surface area is 151 Å². The van der Waals surface area contributed by atoms with Crippen LogP contribution in [0.4, 0.5) is 5.69 Å². The van der Waals surface area contributed by atoms with Gasteiger partial charge in [-0.3, -0.25) is 14.9 Å². The first-order valence-corrected chi connectivity index (χ1v) is 6.81. The van der Waals surface area contributed by atoms with Crippen LogP contribution in [-0.2, 0) is 6.54 Å². The van der Waals surface area contributed by atoms with E-state index in [0.29, 0.717) is 0 Å². The molecule has 124 valence electrons. The van der Waals surface area contributed by atoms with E-state index < -0.39 is 4.92 Å². The fourth-order valence-electron chi connectivity index (χ4n) is 1.85. The molecule has 1 aromatic carbocycles. The molecule has 0 spiro atoms. The van der Waals surface area contributed by atoms with Crippen LogP contribution in [-0.4, -0.2) is 23.3 Å². The molecular formula is C14H15Br2N2O5+. The van der Waals surface area contributed by atoms with Gasteiger partial charge in [0.25, 0.3) is 0 Å². The summed E-state index contributed by atoms with van der Waals surface area (Å²) in [5, 5.41) is 11.0. The number of hydrogen-bond donors (Lipinski definition) is 0. The molecule has 2 rings (SSSR count). The molecule has 0 aliphatic carbocycles. The zero-order chi connectivity index (χ0) is 15.4. The van der Waals surface area contributed by atoms with Crippen molar-refractivity contribution in [3.8, 4) is 5.75 Å². The lowest BCUT2D eigenvalue weighted by Crippen LogP contribution is -2.37. The second kappa shape index (κ2) is 9.33. The Kier molecular flexibility index (Phi) is 8.59. The van der Waals surface area contributed by atoms with Gasteiger partial charge in [0.1, 0.15) is 0 Å². The van der Waals surface area contributed by atoms with E-state index in [2.05, 4.69) is 15.9 Å². The smallest absolute Gasteiger partial charge is 0.311 e. The monoisotopic (exact) mass is 449 g/mol. The van der Waals surface area contributed by atoms with Gasteiger partial charge in [-0.1, -0.05) is 0 Å². The van der Waals surface area contributed by atoms with Crippen molar-refractivity contribution in [2.24, 2.45) is 0 Å². The molecule has 7 nitrogen and oxygen atoms in total. The van der Waals surface area contributed by atoms with Crippen molar-refractivity contribution in [1.82, 2.24) is 0 Å². The number of nitro groups is 1. The van der Waals surface area contributed by atoms with Gasteiger partial charge in [-0.15, -0.1) is 17.0 Å². The number of carbonyl (C=O) groups is 1. The van der Waals surface area contributed by atoms with Crippen LogP contribution in [0.25, 0.3) is 0 Å². The number of rotatable bonds is 5. The molecule has 0 fully saturated rings. The standard InChI is InChI=1S/C14H12BrN2O4.BrH.H2O/c1-21-14-5-4-10(7-12(14)17(19)20)13(18)9-16-6-2-3-11(15)8-16;;/h2-8H,9H2,1H3;1H;1H2/q+1;;. The fourth-order valence-corrected chi connectivity index (χ4v) is 2.27. The van der Waals surface area contributed by atoms with Gasteiger partial charge in [-0.05, 0) is 34.1 Å². The second-order valence-corrected chi connectivity index (χ2v) is 5.18. The largest absolute Gasteiger partial charge is 0.490 e. The number of nitrogens with zero attached hydrogens (tertiary/aromatic N) is 2. The summed E-state index contributed by atoms with van der Waals surface area (Å²) >= 11 is 3.32. The Hall–Kier alpha value is -1.84. The summed E-state index contributed by atoms with van der Waals surface area (Å²) in [6.45, 7) is 0.100. The molecule has 0 amide bonds. The quantitative estimate of drug-likeness (QED) is 0.301. The molecule has 0 saturated heterocycles. The molecule has 1 heterocycles. The Morgan fingerprint density at radius 2 is 2.09 bits per heavy atom. The highest BCUT2D eigenvalue weighted by molar-refractivity contribution is 9.10. The highest BCUT2D eigenvalue weighted by Crippen LogP contribution is 2.27. The topological polar surface area (TPSA) is 105 Å². The average Bonchev–Trinajstić information content (AvgIpc) is 2.46. The molecular weight excluding hydrogens is 436 g/mol. The molecule has 0 aliphatic rings. The summed E-state index contributed by atoms with van der Waals surface area (Å²) in [5.74, 6) is -0.0875. The average molecular weight is 451 g/mol. The van der Waals surface area contributed by atoms with Gasteiger partial charge in [-0.2, -0.15) is 4.57 Å². The number of aromatic nitrogens is 1. The predicted molar refractivity (Wildman–Crippen MR) is 92.3 cm³/mol. The number of benzene rings is 1. The fraction of sp³-hybridized carbons (Fsp3) is 0.143. The zero-order valence-electron chi connectivity index (χ0n) is 12.1. The minimum Gasteiger partial charge on any atom is -0.490 e. The van der Waals surface area contributed by atoms with Crippen LogP contribution >= 0.6 is 32.9 Å². The third-order valence-electron chi connectivity index (χ3n) is 2.85. The van der Waals surface area contributed by atoms with Crippen LogP contribution in [0.15, 0.2) is 47.2 Å². The Morgan fingerprint density at radius 3 is 2.65 bits per heavy atom. The lowest BCUT2D eigenvalue weighted by atomic mass is 10.1. The van der Waals surface area contributed by atoms with Crippen molar-refractivity contribution in [2.75, 3.05) is 7.11 Å². The lowest BCUT2D eigenvalue weighted by Gasteiger charge is -2.03. The van der Waals surface area contributed by atoms with Crippen LogP contribution < -0.4 is 9.30 Å². The summed E-state index contributed by atoms with van der Waals surface area (Å²) in [6.07, 6.45) is 3.51. The summed E-state index contributed by atoms with van der Waals surface area (Å²) in [7, 11) is 1.35. The normalized spacial score (nSPS) is 9.30. The maximum Gasteiger partial charge on any atom is 0.311 e. The van der Waals surface area contributed by atoms with E-state index in [0.717, 1.165) is 4.47 Å². The van der Waals surface area contributed by atoms with Gasteiger partial charge >= 0.3 is 5.69 Å². The zero-order valence-corrected chi connectivity index (χ0v) is 15.4. The maximum atomic E-state index is 12.2. The summed E-state index contributed by atoms with van der Waals surface area (Å²) < 4.78 is 7.45. The number of pyridine rings is 1. The van der Waals surface area contributed by atoms with Gasteiger partial charge in [0.2, 0.25) is 12.3 Å². The van der Waals surface area contributed by atoms with Gasteiger partial charge in [0, 0.05) is 17.7 Å². The Balaban J connectivity index is 0.00000242. The Morgan fingerprint density at radius 1 is 1.39 bits per heavy atom. The summed E-state index contributed by atoms with van der Waals surface area (Å²) in [6, 6.07) is 7.83. The van der Waals surface area contributed by atoms with Crippen molar-refractivity contribution < 1.29 is 24.5 Å². The molecule has 2 aromatic rings. The van der Waals surface area contributed by atoms with Gasteiger partial charge < -0.3 is 10.2 Å². The second-order valence-electron chi connectivity index (χ2n) is 4.26. The molecule has 9 heteroatoms. The molecule has 0 atom stereocenters. The first-order chi connectivity index (χ1) is 10.0. The van der Waals surface area contributed by atoms with Crippen molar-refractivity contribution in [2.45, 2.75) is 6.54 Å². The SMILES string of the molecule is Br.COc1ccc(C(=O)C[n+]2cccc(Br)c2)cc1[N+](=O)[O-].O. The lowest BCUT2D eigenvalue weighted by molar-refractivity contribution is -0.683. The van der Waals surface area contributed by atoms with E-state index >= 15 is 0 Å². The number of ketones is 1. The highest BCUT2D eigenvalue weighted by atomic mass is 79.9. The number of methoxy groups -OCH3 is 1. The van der Waals surface area contributed by atoms with Crippen LogP contribution in [0.1, 0.15) is 10.4 Å². The maximum absolute atomic E-state index is 12.2. The molecule has 0 bridgehead atoms. The molecule has 2 N–H and O–H groups in total. The van der Waals surface area contributed by atoms with Crippen molar-refractivity contribution in [1.29, 1.82) is 0 Å². The number of ether oxygens (including phenoxy) is 1. The van der Waals surface area contributed by atoms with E-state index in [-0.39, 0.29) is 51.8 Å². The molecule has 0 radical (unpaired) electrons. The molecule has 0 aliphatic heterocycles. The van der Waals surface area contributed by atoms with E-state index in [1.165, 1.54) is 25.3 Å². The van der Waals surface area contributed by atoms with Gasteiger partial charge in [-0.25, -0.2) is 0 Å². The van der Waals surface area contributed by atoms with Gasteiger partial charge in [0.15, 0.2) is 18.1 Å². The van der Waals surface area contributed by atoms with E-state index in [1.54, 1.807) is 23.0 Å². The van der Waals surface area contributed by atoms with Gasteiger partial charge in [0.05, 0.1) is 16.5 Å². The molecule has 0 saturated carbocycles. The molecule has 23 heavy (non-hydrogen) atoms. The van der Waals surface area contributed by atoms with E-state index in [9.17, 15) is 14.9 Å². The number of carbonyl (C=O) groups excluding carboxylic acids is 1. The van der Waals surface area contributed by atoms with Crippen molar-refractivity contribution in [3.05, 3.63) is 62.9 Å². The summed E-state index contributed by atoms with van der Waals surface area (Å²) in [5.41, 5.74) is 0.0533. The minimum absolute atomic E-state index is 0. The van der Waals surface area contributed by atoms with Crippen LogP contribution in [0.3, 0.4) is 0 Å². The first-order valence-electron chi connectivity index (χ1n) is 6.01. The van der Waals surface area contributed by atoms with E-state index in [4.69, 9.17) is 4.74 Å². The number of hydrogen-bond acceptors (Lipinski definition) is 4. The third kappa shape index (κ3) is 5.38. The Bertz CT molecular complexity index is 709. The summed E-state index contributed by atoms with van der Waals surface area (Å²) in [4.78, 5) is 22.6. The molecule has 0 unspecified atom stereocenters. The number of Topliss-reactive ketones (excluding diaryl/α,β-unsaturated/α-hetero) is 1. The number of halogens is 2. The predicted octanol–water partition coefficient (Wildman–Crippen LogP) is 2.29. The highest BCUT2D eigenvalue weighted by Gasteiger charge is 2.20. The number of nitro benzene ring substituents is 1. The molecule has 1 aromatic heterocycles. The van der Waals surface area contributed by atoms with Crippen molar-refractivity contribution >= 4 is 44.4 Å². The third-order valence-corrected chi connectivity index (χ3v) is 3.31. The van der Waals surface area contributed by atoms with E-state index in [1.807, 2.05) is 6.07 Å². The van der Waals surface area contributed by atoms with Crippen LogP contribution in [0.2, 0.25) is 0 Å². The van der Waals surface area contributed by atoms with Crippen LogP contribution in [0, 0.1) is 10.1 Å². The first kappa shape index (κ1) is 21.2.